The fourth-order valence-electron chi connectivity index (χ4n) is 4.33. The molecule has 1 aliphatic rings. The summed E-state index contributed by atoms with van der Waals surface area (Å²) in [4.78, 5) is 15.4. The number of aromatic nitrogens is 2. The number of hydrogen-bond donors (Lipinski definition) is 1. The predicted octanol–water partition coefficient (Wildman–Crippen LogP) is 5.27. The molecular formula is C26H30N4O3. The van der Waals surface area contributed by atoms with Gasteiger partial charge in [-0.05, 0) is 55.4 Å². The minimum absolute atomic E-state index is 0.175. The molecule has 1 aliphatic heterocycles. The molecule has 1 N–H and O–H groups in total. The molecule has 1 unspecified atom stereocenters. The Kier molecular flexibility index (Phi) is 7.17. The van der Waals surface area contributed by atoms with Gasteiger partial charge in [0.2, 0.25) is 5.82 Å². The zero-order valence-corrected chi connectivity index (χ0v) is 19.2. The Bertz CT molecular complexity index is 1120. The lowest BCUT2D eigenvalue weighted by Crippen LogP contribution is -2.18. The number of aliphatic carboxylic acids is 1. The molecule has 0 fully saturated rings. The molecule has 1 aromatic heterocycles. The van der Waals surface area contributed by atoms with Gasteiger partial charge in [0.1, 0.15) is 5.71 Å². The van der Waals surface area contributed by atoms with Crippen LogP contribution in [0.5, 0.6) is 0 Å². The van der Waals surface area contributed by atoms with Crippen LogP contribution in [0.25, 0.3) is 11.4 Å². The Morgan fingerprint density at radius 2 is 1.94 bits per heavy atom. The highest BCUT2D eigenvalue weighted by Crippen LogP contribution is 2.32. The molecule has 172 valence electrons. The van der Waals surface area contributed by atoms with E-state index in [2.05, 4.69) is 53.3 Å². The predicted molar refractivity (Wildman–Crippen MR) is 127 cm³/mol. The van der Waals surface area contributed by atoms with Crippen molar-refractivity contribution in [2.24, 2.45) is 5.10 Å². The number of unbranched alkanes of at least 4 members (excludes halogenated alkanes) is 1. The van der Waals surface area contributed by atoms with E-state index in [0.29, 0.717) is 18.1 Å². The van der Waals surface area contributed by atoms with Crippen LogP contribution in [0.1, 0.15) is 68.2 Å². The van der Waals surface area contributed by atoms with Gasteiger partial charge in [0.15, 0.2) is 0 Å². The molecule has 7 heteroatoms. The van der Waals surface area contributed by atoms with Crippen molar-refractivity contribution in [1.29, 1.82) is 0 Å². The van der Waals surface area contributed by atoms with E-state index in [1.165, 1.54) is 16.7 Å². The number of carbonyl (C=O) groups is 1. The molecule has 33 heavy (non-hydrogen) atoms. The third-order valence-corrected chi connectivity index (χ3v) is 6.11. The van der Waals surface area contributed by atoms with Crippen molar-refractivity contribution in [3.63, 3.8) is 0 Å². The average Bonchev–Trinajstić information content (AvgIpc) is 3.50. The number of hydrogen-bond acceptors (Lipinski definition) is 6. The molecule has 7 nitrogen and oxygen atoms in total. The highest BCUT2D eigenvalue weighted by molar-refractivity contribution is 5.98. The number of carboxylic acids is 1. The van der Waals surface area contributed by atoms with E-state index in [0.717, 1.165) is 43.5 Å². The van der Waals surface area contributed by atoms with Gasteiger partial charge < -0.3 is 9.63 Å². The summed E-state index contributed by atoms with van der Waals surface area (Å²) in [5, 5.41) is 19.9. The fourth-order valence-corrected chi connectivity index (χ4v) is 4.33. The van der Waals surface area contributed by atoms with E-state index in [1.54, 1.807) is 0 Å². The van der Waals surface area contributed by atoms with Gasteiger partial charge in [-0.2, -0.15) is 10.1 Å². The summed E-state index contributed by atoms with van der Waals surface area (Å²) in [6.07, 6.45) is 4.27. The number of benzene rings is 2. The lowest BCUT2D eigenvalue weighted by molar-refractivity contribution is -0.137. The van der Waals surface area contributed by atoms with Gasteiger partial charge in [0.25, 0.3) is 5.89 Å². The van der Waals surface area contributed by atoms with Crippen LogP contribution >= 0.6 is 0 Å². The number of nitrogens with zero attached hydrogens (tertiary/aromatic N) is 4. The van der Waals surface area contributed by atoms with Crippen LogP contribution in [0.4, 0.5) is 0 Å². The number of hydrazone groups is 1. The second kappa shape index (κ2) is 10.4. The SMILES string of the molecule is CCc1cc(-c2noc(C3=NN(CC)C(c4ccccc4)C3)n2)ccc1CCCCC(=O)O. The lowest BCUT2D eigenvalue weighted by atomic mass is 9.97. The van der Waals surface area contributed by atoms with Crippen molar-refractivity contribution in [1.82, 2.24) is 15.1 Å². The Labute approximate surface area is 194 Å². The summed E-state index contributed by atoms with van der Waals surface area (Å²) in [5.74, 6) is 0.293. The van der Waals surface area contributed by atoms with Crippen molar-refractivity contribution in [2.75, 3.05) is 6.54 Å². The van der Waals surface area contributed by atoms with Crippen molar-refractivity contribution in [3.05, 3.63) is 71.1 Å². The molecule has 0 bridgehead atoms. The molecule has 0 radical (unpaired) electrons. The molecule has 2 aromatic carbocycles. The summed E-state index contributed by atoms with van der Waals surface area (Å²) < 4.78 is 5.61. The Morgan fingerprint density at radius 3 is 2.67 bits per heavy atom. The van der Waals surface area contributed by atoms with Crippen LogP contribution in [0.2, 0.25) is 0 Å². The highest BCUT2D eigenvalue weighted by atomic mass is 16.5. The molecule has 0 spiro atoms. The van der Waals surface area contributed by atoms with Gasteiger partial charge >= 0.3 is 5.97 Å². The van der Waals surface area contributed by atoms with Crippen LogP contribution in [0.3, 0.4) is 0 Å². The van der Waals surface area contributed by atoms with Crippen LogP contribution in [-0.2, 0) is 17.6 Å². The lowest BCUT2D eigenvalue weighted by Gasteiger charge is -2.21. The Morgan fingerprint density at radius 1 is 1.12 bits per heavy atom. The van der Waals surface area contributed by atoms with Gasteiger partial charge in [0.05, 0.1) is 6.04 Å². The highest BCUT2D eigenvalue weighted by Gasteiger charge is 2.30. The summed E-state index contributed by atoms with van der Waals surface area (Å²) in [5.41, 5.74) is 5.44. The smallest absolute Gasteiger partial charge is 0.303 e. The third kappa shape index (κ3) is 5.30. The minimum Gasteiger partial charge on any atom is -0.481 e. The molecule has 0 saturated carbocycles. The van der Waals surface area contributed by atoms with Crippen LogP contribution in [0, 0.1) is 0 Å². The zero-order chi connectivity index (χ0) is 23.2. The largest absolute Gasteiger partial charge is 0.481 e. The van der Waals surface area contributed by atoms with Gasteiger partial charge in [-0.15, -0.1) is 0 Å². The molecule has 2 heterocycles. The van der Waals surface area contributed by atoms with Gasteiger partial charge in [-0.3, -0.25) is 9.80 Å². The molecular weight excluding hydrogens is 416 g/mol. The standard InChI is InChI=1S/C26H30N4O3/c1-3-18-16-21(15-14-19(18)10-8-9-13-24(31)32)25-27-26(33-29-25)22-17-23(30(4-2)28-22)20-11-6-5-7-12-20/h5-7,11-12,14-16,23H,3-4,8-10,13,17H2,1-2H3,(H,31,32). The molecule has 0 amide bonds. The fraction of sp³-hybridized carbons (Fsp3) is 0.385. The van der Waals surface area contributed by atoms with E-state index < -0.39 is 5.97 Å². The number of carboxylic acid groups (broad SMARTS) is 1. The van der Waals surface area contributed by atoms with Crippen molar-refractivity contribution < 1.29 is 14.4 Å². The molecule has 0 saturated heterocycles. The van der Waals surface area contributed by atoms with Crippen LogP contribution in [-0.4, -0.2) is 38.5 Å². The number of rotatable bonds is 10. The topological polar surface area (TPSA) is 91.8 Å². The zero-order valence-electron chi connectivity index (χ0n) is 19.2. The van der Waals surface area contributed by atoms with Gasteiger partial charge in [0, 0.05) is 24.9 Å². The van der Waals surface area contributed by atoms with E-state index in [4.69, 9.17) is 14.7 Å². The quantitative estimate of drug-likeness (QED) is 0.427. The maximum absolute atomic E-state index is 10.7. The first-order valence-corrected chi connectivity index (χ1v) is 11.7. The second-order valence-electron chi connectivity index (χ2n) is 8.29. The van der Waals surface area contributed by atoms with Gasteiger partial charge in [-0.1, -0.05) is 54.5 Å². The first kappa shape index (κ1) is 22.7. The van der Waals surface area contributed by atoms with E-state index in [9.17, 15) is 4.79 Å². The summed E-state index contributed by atoms with van der Waals surface area (Å²) in [6.45, 7) is 5.02. The van der Waals surface area contributed by atoms with E-state index in [-0.39, 0.29) is 12.5 Å². The molecule has 1 atom stereocenters. The monoisotopic (exact) mass is 446 g/mol. The second-order valence-corrected chi connectivity index (χ2v) is 8.29. The van der Waals surface area contributed by atoms with E-state index in [1.807, 2.05) is 24.3 Å². The number of aryl methyl sites for hydroxylation is 2. The molecule has 0 aliphatic carbocycles. The first-order chi connectivity index (χ1) is 16.1. The van der Waals surface area contributed by atoms with Crippen molar-refractivity contribution in [3.8, 4) is 11.4 Å². The maximum atomic E-state index is 10.7. The van der Waals surface area contributed by atoms with Crippen molar-refractivity contribution in [2.45, 2.75) is 58.4 Å². The van der Waals surface area contributed by atoms with Crippen LogP contribution < -0.4 is 0 Å². The van der Waals surface area contributed by atoms with Crippen LogP contribution in [0.15, 0.2) is 58.2 Å². The summed E-state index contributed by atoms with van der Waals surface area (Å²) >= 11 is 0. The minimum atomic E-state index is -0.738. The summed E-state index contributed by atoms with van der Waals surface area (Å²) in [7, 11) is 0. The first-order valence-electron chi connectivity index (χ1n) is 11.7. The molecule has 3 aromatic rings. The van der Waals surface area contributed by atoms with Gasteiger partial charge in [-0.25, -0.2) is 0 Å². The van der Waals surface area contributed by atoms with E-state index >= 15 is 0 Å². The van der Waals surface area contributed by atoms with Crippen molar-refractivity contribution >= 4 is 11.7 Å². The normalized spacial score (nSPS) is 15.6. The summed E-state index contributed by atoms with van der Waals surface area (Å²) in [6, 6.07) is 16.8. The Balaban J connectivity index is 1.48. The molecule has 4 rings (SSSR count). The Hall–Kier alpha value is -3.48. The average molecular weight is 447 g/mol. The third-order valence-electron chi connectivity index (χ3n) is 6.11. The maximum Gasteiger partial charge on any atom is 0.303 e.